The molecule has 0 aromatic rings. The number of allylic oxidation sites excluding steroid dienone is 4. The van der Waals surface area contributed by atoms with Gasteiger partial charge in [-0.1, -0.05) is 49.3 Å². The van der Waals surface area contributed by atoms with Gasteiger partial charge < -0.3 is 0 Å². The van der Waals surface area contributed by atoms with E-state index in [2.05, 4.69) is 51.3 Å². The van der Waals surface area contributed by atoms with Crippen molar-refractivity contribution >= 4 is 0 Å². The second kappa shape index (κ2) is 9.18. The molecule has 1 aliphatic carbocycles. The van der Waals surface area contributed by atoms with E-state index < -0.39 is 0 Å². The van der Waals surface area contributed by atoms with Crippen LogP contribution < -0.4 is 0 Å². The Hall–Kier alpha value is -0.820. The van der Waals surface area contributed by atoms with E-state index in [0.717, 1.165) is 13.1 Å². The lowest BCUT2D eigenvalue weighted by Gasteiger charge is -2.24. The van der Waals surface area contributed by atoms with E-state index in [9.17, 15) is 0 Å². The normalized spacial score (nSPS) is 18.2. The van der Waals surface area contributed by atoms with Gasteiger partial charge in [0.2, 0.25) is 0 Å². The van der Waals surface area contributed by atoms with Gasteiger partial charge in [-0.25, -0.2) is 0 Å². The molecule has 1 nitrogen and oxygen atoms in total. The molecule has 1 atom stereocenters. The average molecular weight is 275 g/mol. The van der Waals surface area contributed by atoms with E-state index in [1.807, 2.05) is 0 Å². The maximum absolute atomic E-state index is 4.36. The third-order valence-corrected chi connectivity index (χ3v) is 4.21. The molecular weight excluding hydrogens is 242 g/mol. The molecule has 0 amide bonds. The lowest BCUT2D eigenvalue weighted by molar-refractivity contribution is 0.303. The van der Waals surface area contributed by atoms with Crippen molar-refractivity contribution in [2.45, 2.75) is 59.8 Å². The molecule has 0 N–H and O–H groups in total. The Kier molecular flexibility index (Phi) is 7.91. The molecule has 0 saturated carbocycles. The van der Waals surface area contributed by atoms with E-state index in [4.69, 9.17) is 0 Å². The molecule has 0 heterocycles. The van der Waals surface area contributed by atoms with Crippen LogP contribution in [0.15, 0.2) is 35.5 Å². The first-order chi connectivity index (χ1) is 9.56. The van der Waals surface area contributed by atoms with Crippen molar-refractivity contribution in [2.75, 3.05) is 19.6 Å². The molecule has 0 aromatic heterocycles. The lowest BCUT2D eigenvalue weighted by Crippen LogP contribution is -2.28. The second-order valence-electron chi connectivity index (χ2n) is 6.35. The smallest absolute Gasteiger partial charge is 0.0193 e. The summed E-state index contributed by atoms with van der Waals surface area (Å²) in [5.74, 6) is 0.697. The zero-order chi connectivity index (χ0) is 15.0. The number of nitrogens with zero attached hydrogens (tertiary/aromatic N) is 1. The first-order valence-corrected chi connectivity index (χ1v) is 8.28. The van der Waals surface area contributed by atoms with Crippen LogP contribution in [0.4, 0.5) is 0 Å². The molecule has 0 aromatic carbocycles. The molecule has 114 valence electrons. The zero-order valence-electron chi connectivity index (χ0n) is 14.0. The molecule has 1 aliphatic rings. The maximum Gasteiger partial charge on any atom is 0.0193 e. The minimum Gasteiger partial charge on any atom is -0.300 e. The van der Waals surface area contributed by atoms with E-state index in [0.29, 0.717) is 5.92 Å². The topological polar surface area (TPSA) is 3.24 Å². The van der Waals surface area contributed by atoms with Crippen molar-refractivity contribution in [1.29, 1.82) is 0 Å². The van der Waals surface area contributed by atoms with Crippen molar-refractivity contribution in [3.8, 4) is 0 Å². The molecule has 0 saturated heterocycles. The van der Waals surface area contributed by atoms with Crippen LogP contribution >= 0.6 is 0 Å². The van der Waals surface area contributed by atoms with Gasteiger partial charge in [-0.3, -0.25) is 4.90 Å². The third kappa shape index (κ3) is 6.09. The van der Waals surface area contributed by atoms with Gasteiger partial charge in [0, 0.05) is 6.54 Å². The molecule has 0 aliphatic heterocycles. The van der Waals surface area contributed by atoms with Gasteiger partial charge in [0.15, 0.2) is 0 Å². The van der Waals surface area contributed by atoms with Crippen LogP contribution in [-0.2, 0) is 0 Å². The van der Waals surface area contributed by atoms with Gasteiger partial charge in [-0.15, -0.1) is 0 Å². The van der Waals surface area contributed by atoms with Crippen LogP contribution in [0, 0.1) is 5.92 Å². The summed E-state index contributed by atoms with van der Waals surface area (Å²) in [5.41, 5.74) is 4.52. The van der Waals surface area contributed by atoms with Crippen LogP contribution in [0.1, 0.15) is 59.8 Å². The van der Waals surface area contributed by atoms with Gasteiger partial charge in [-0.2, -0.15) is 0 Å². The number of rotatable bonds is 9. The SMILES string of the molecule is C=C(CN(CC)CCC)C1CC=C(CCC=C(C)C)C1. The standard InChI is InChI=1S/C19H33N/c1-6-13-20(7-2)15-17(5)19-12-11-18(14-19)10-8-9-16(3)4/h9,11,19H,5-8,10,12-15H2,1-4H3. The van der Waals surface area contributed by atoms with Gasteiger partial charge in [0.05, 0.1) is 0 Å². The summed E-state index contributed by atoms with van der Waals surface area (Å²) in [6.45, 7) is 16.7. The van der Waals surface area contributed by atoms with Crippen LogP contribution in [0.25, 0.3) is 0 Å². The molecule has 1 unspecified atom stereocenters. The van der Waals surface area contributed by atoms with E-state index in [1.54, 1.807) is 5.57 Å². The van der Waals surface area contributed by atoms with Crippen molar-refractivity contribution in [2.24, 2.45) is 5.92 Å². The summed E-state index contributed by atoms with van der Waals surface area (Å²) in [6, 6.07) is 0. The van der Waals surface area contributed by atoms with Crippen molar-refractivity contribution in [3.05, 3.63) is 35.5 Å². The Morgan fingerprint density at radius 2 is 2.15 bits per heavy atom. The predicted octanol–water partition coefficient (Wildman–Crippen LogP) is 5.36. The summed E-state index contributed by atoms with van der Waals surface area (Å²) in [5, 5.41) is 0. The summed E-state index contributed by atoms with van der Waals surface area (Å²) >= 11 is 0. The first-order valence-electron chi connectivity index (χ1n) is 8.28. The molecule has 20 heavy (non-hydrogen) atoms. The van der Waals surface area contributed by atoms with Crippen LogP contribution in [0.3, 0.4) is 0 Å². The highest BCUT2D eigenvalue weighted by atomic mass is 15.1. The second-order valence-corrected chi connectivity index (χ2v) is 6.35. The van der Waals surface area contributed by atoms with Gasteiger partial charge in [0.25, 0.3) is 0 Å². The minimum absolute atomic E-state index is 0.697. The molecule has 0 fully saturated rings. The van der Waals surface area contributed by atoms with E-state index in [1.165, 1.54) is 49.8 Å². The van der Waals surface area contributed by atoms with Crippen molar-refractivity contribution in [3.63, 3.8) is 0 Å². The quantitative estimate of drug-likeness (QED) is 0.512. The van der Waals surface area contributed by atoms with E-state index in [-0.39, 0.29) is 0 Å². The van der Waals surface area contributed by atoms with Crippen molar-refractivity contribution in [1.82, 2.24) is 4.90 Å². The minimum atomic E-state index is 0.697. The zero-order valence-corrected chi connectivity index (χ0v) is 14.0. The van der Waals surface area contributed by atoms with Gasteiger partial charge in [0.1, 0.15) is 0 Å². The average Bonchev–Trinajstić information content (AvgIpc) is 2.86. The predicted molar refractivity (Wildman–Crippen MR) is 91.0 cm³/mol. The Labute approximate surface area is 126 Å². The Bertz CT molecular complexity index is 358. The lowest BCUT2D eigenvalue weighted by atomic mass is 9.95. The molecule has 0 radical (unpaired) electrons. The Morgan fingerprint density at radius 1 is 1.40 bits per heavy atom. The molecule has 1 rings (SSSR count). The van der Waals surface area contributed by atoms with Crippen LogP contribution in [0.2, 0.25) is 0 Å². The monoisotopic (exact) mass is 275 g/mol. The molecule has 0 spiro atoms. The van der Waals surface area contributed by atoms with E-state index >= 15 is 0 Å². The molecule has 0 bridgehead atoms. The highest BCUT2D eigenvalue weighted by molar-refractivity contribution is 5.19. The van der Waals surface area contributed by atoms with Crippen LogP contribution in [-0.4, -0.2) is 24.5 Å². The fourth-order valence-electron chi connectivity index (χ4n) is 2.93. The summed E-state index contributed by atoms with van der Waals surface area (Å²) < 4.78 is 0. The fourth-order valence-corrected chi connectivity index (χ4v) is 2.93. The summed E-state index contributed by atoms with van der Waals surface area (Å²) in [7, 11) is 0. The Balaban J connectivity index is 2.33. The fraction of sp³-hybridized carbons (Fsp3) is 0.684. The van der Waals surface area contributed by atoms with Crippen molar-refractivity contribution < 1.29 is 0 Å². The molecular formula is C19H33N. The highest BCUT2D eigenvalue weighted by Crippen LogP contribution is 2.32. The maximum atomic E-state index is 4.36. The largest absolute Gasteiger partial charge is 0.300 e. The number of hydrogen-bond acceptors (Lipinski definition) is 1. The van der Waals surface area contributed by atoms with Gasteiger partial charge >= 0.3 is 0 Å². The Morgan fingerprint density at radius 3 is 2.75 bits per heavy atom. The number of likely N-dealkylation sites (N-methyl/N-ethyl adjacent to an activating group) is 1. The first kappa shape index (κ1) is 17.2. The third-order valence-electron chi connectivity index (χ3n) is 4.21. The van der Waals surface area contributed by atoms with Gasteiger partial charge in [-0.05, 0) is 65.0 Å². The highest BCUT2D eigenvalue weighted by Gasteiger charge is 2.20. The summed E-state index contributed by atoms with van der Waals surface area (Å²) in [4.78, 5) is 2.52. The summed E-state index contributed by atoms with van der Waals surface area (Å²) in [6.07, 6.45) is 10.9. The molecule has 1 heteroatoms. The number of hydrogen-bond donors (Lipinski definition) is 0. The van der Waals surface area contributed by atoms with Crippen LogP contribution in [0.5, 0.6) is 0 Å².